The Morgan fingerprint density at radius 2 is 1.89 bits per heavy atom. The van der Waals surface area contributed by atoms with Crippen molar-refractivity contribution in [3.05, 3.63) is 40.0 Å². The van der Waals surface area contributed by atoms with Crippen molar-refractivity contribution in [2.75, 3.05) is 44.1 Å². The van der Waals surface area contributed by atoms with Crippen LogP contribution in [0.4, 0.5) is 11.5 Å². The predicted octanol–water partition coefficient (Wildman–Crippen LogP) is 6.80. The molecule has 37 heavy (non-hydrogen) atoms. The fourth-order valence-corrected chi connectivity index (χ4v) is 6.17. The number of halogens is 2. The van der Waals surface area contributed by atoms with Crippen LogP contribution in [0.3, 0.4) is 0 Å². The summed E-state index contributed by atoms with van der Waals surface area (Å²) in [4.78, 5) is 4.61. The highest BCUT2D eigenvalue weighted by Gasteiger charge is 2.23. The molecule has 6 nitrogen and oxygen atoms in total. The molecule has 1 aliphatic heterocycles. The van der Waals surface area contributed by atoms with Gasteiger partial charge in [-0.15, -0.1) is 0 Å². The number of hydrogen-bond donors (Lipinski definition) is 3. The smallest absolute Gasteiger partial charge is 0.126 e. The Balaban J connectivity index is 1.46. The maximum Gasteiger partial charge on any atom is 0.126 e. The van der Waals surface area contributed by atoms with E-state index >= 15 is 0 Å². The van der Waals surface area contributed by atoms with Gasteiger partial charge >= 0.3 is 0 Å². The molecule has 204 valence electrons. The summed E-state index contributed by atoms with van der Waals surface area (Å²) in [7, 11) is 1.75. The Hall–Kier alpha value is -1.57. The summed E-state index contributed by atoms with van der Waals surface area (Å²) >= 11 is 13.5. The number of rotatable bonds is 11. The summed E-state index contributed by atoms with van der Waals surface area (Å²) in [5.74, 6) is 1.38. The Bertz CT molecular complexity index is 1010. The Labute approximate surface area is 232 Å². The lowest BCUT2D eigenvalue weighted by Gasteiger charge is -2.32. The second-order valence-corrected chi connectivity index (χ2v) is 11.3. The van der Waals surface area contributed by atoms with Crippen LogP contribution >= 0.6 is 23.2 Å². The maximum absolute atomic E-state index is 6.80. The Morgan fingerprint density at radius 1 is 1.11 bits per heavy atom. The van der Waals surface area contributed by atoms with E-state index in [0.29, 0.717) is 34.1 Å². The summed E-state index contributed by atoms with van der Waals surface area (Å²) in [6.07, 6.45) is 9.39. The molecule has 2 heterocycles. The number of anilines is 2. The van der Waals surface area contributed by atoms with Crippen molar-refractivity contribution in [3.63, 3.8) is 0 Å². The van der Waals surface area contributed by atoms with E-state index in [9.17, 15) is 0 Å². The van der Waals surface area contributed by atoms with E-state index in [1.54, 1.807) is 13.3 Å². The second kappa shape index (κ2) is 14.0. The highest BCUT2D eigenvalue weighted by molar-refractivity contribution is 6.36. The standard InChI is InChI=1S/C29H42Cl2N4O2/c1-4-23-27(32-15-20-6-5-13-37-18-20)12-11-25(30)29(23)24-14-28(33-16-26(24)31)35-22-9-7-21(8-10-22)34-19(2)17-36-3/h11-12,14,16,19-22,32,34H,4-10,13,15,17-18H2,1-3H3,(H,33,35). The lowest BCUT2D eigenvalue weighted by Crippen LogP contribution is -2.42. The molecular weight excluding hydrogens is 507 g/mol. The topological polar surface area (TPSA) is 67.4 Å². The minimum Gasteiger partial charge on any atom is -0.384 e. The summed E-state index contributed by atoms with van der Waals surface area (Å²) in [5, 5.41) is 12.3. The van der Waals surface area contributed by atoms with Crippen LogP contribution in [0.2, 0.25) is 10.0 Å². The normalized spacial score (nSPS) is 23.0. The van der Waals surface area contributed by atoms with Gasteiger partial charge in [-0.25, -0.2) is 4.98 Å². The zero-order chi connectivity index (χ0) is 26.2. The zero-order valence-corrected chi connectivity index (χ0v) is 23.9. The fraction of sp³-hybridized carbons (Fsp3) is 0.621. The lowest BCUT2D eigenvalue weighted by molar-refractivity contribution is 0.0595. The minimum absolute atomic E-state index is 0.374. The third-order valence-corrected chi connectivity index (χ3v) is 8.21. The van der Waals surface area contributed by atoms with Crippen LogP contribution in [0.5, 0.6) is 0 Å². The van der Waals surface area contributed by atoms with Crippen molar-refractivity contribution in [1.29, 1.82) is 0 Å². The molecule has 1 aliphatic carbocycles. The first-order valence-corrected chi connectivity index (χ1v) is 14.5. The van der Waals surface area contributed by atoms with Crippen molar-refractivity contribution in [1.82, 2.24) is 10.3 Å². The van der Waals surface area contributed by atoms with E-state index in [1.807, 2.05) is 6.07 Å². The van der Waals surface area contributed by atoms with E-state index in [-0.39, 0.29) is 0 Å². The van der Waals surface area contributed by atoms with E-state index in [4.69, 9.17) is 32.7 Å². The summed E-state index contributed by atoms with van der Waals surface area (Å²) in [6.45, 7) is 7.68. The SMILES string of the molecule is CCc1c(NCC2CCCOC2)ccc(Cl)c1-c1cc(NC2CCC(NC(C)COC)CC2)ncc1Cl. The third-order valence-electron chi connectivity index (χ3n) is 7.59. The van der Waals surface area contributed by atoms with Crippen LogP contribution in [0.15, 0.2) is 24.4 Å². The summed E-state index contributed by atoms with van der Waals surface area (Å²) < 4.78 is 10.9. The average molecular weight is 550 g/mol. The van der Waals surface area contributed by atoms with E-state index in [0.717, 1.165) is 87.5 Å². The summed E-state index contributed by atoms with van der Waals surface area (Å²) in [5.41, 5.74) is 4.21. The van der Waals surface area contributed by atoms with Gasteiger partial charge in [-0.2, -0.15) is 0 Å². The van der Waals surface area contributed by atoms with E-state index in [1.165, 1.54) is 12.0 Å². The molecule has 2 unspecified atom stereocenters. The van der Waals surface area contributed by atoms with Gasteiger partial charge in [0.15, 0.2) is 0 Å². The van der Waals surface area contributed by atoms with Gasteiger partial charge in [-0.3, -0.25) is 0 Å². The monoisotopic (exact) mass is 548 g/mol. The molecule has 2 aliphatic rings. The predicted molar refractivity (Wildman–Crippen MR) is 155 cm³/mol. The van der Waals surface area contributed by atoms with Crippen LogP contribution in [-0.4, -0.2) is 56.6 Å². The molecule has 2 fully saturated rings. The molecule has 0 radical (unpaired) electrons. The van der Waals surface area contributed by atoms with Crippen molar-refractivity contribution < 1.29 is 9.47 Å². The molecule has 8 heteroatoms. The van der Waals surface area contributed by atoms with Gasteiger partial charge in [0.1, 0.15) is 5.82 Å². The average Bonchev–Trinajstić information content (AvgIpc) is 2.91. The quantitative estimate of drug-likeness (QED) is 0.286. The lowest BCUT2D eigenvalue weighted by atomic mass is 9.90. The number of ether oxygens (including phenoxy) is 2. The number of pyridine rings is 1. The number of aromatic nitrogens is 1. The van der Waals surface area contributed by atoms with Crippen LogP contribution < -0.4 is 16.0 Å². The van der Waals surface area contributed by atoms with E-state index in [2.05, 4.69) is 46.9 Å². The third kappa shape index (κ3) is 7.73. The van der Waals surface area contributed by atoms with Crippen LogP contribution in [0, 0.1) is 5.92 Å². The van der Waals surface area contributed by atoms with Gasteiger partial charge in [0.05, 0.1) is 18.2 Å². The van der Waals surface area contributed by atoms with Gasteiger partial charge in [0.2, 0.25) is 0 Å². The first kappa shape index (κ1) is 28.4. The highest BCUT2D eigenvalue weighted by atomic mass is 35.5. The minimum atomic E-state index is 0.374. The van der Waals surface area contributed by atoms with E-state index < -0.39 is 0 Å². The number of hydrogen-bond acceptors (Lipinski definition) is 6. The first-order valence-electron chi connectivity index (χ1n) is 13.8. The molecule has 0 spiro atoms. The Kier molecular flexibility index (Phi) is 10.8. The van der Waals surface area contributed by atoms with Gasteiger partial charge in [0, 0.05) is 66.4 Å². The van der Waals surface area contributed by atoms with Crippen molar-refractivity contribution in [2.45, 2.75) is 76.9 Å². The molecular formula is C29H42Cl2N4O2. The number of methoxy groups -OCH3 is 1. The molecule has 2 atom stereocenters. The number of benzene rings is 1. The zero-order valence-electron chi connectivity index (χ0n) is 22.4. The molecule has 3 N–H and O–H groups in total. The van der Waals surface area contributed by atoms with Gasteiger partial charge in [-0.1, -0.05) is 30.1 Å². The number of nitrogens with one attached hydrogen (secondary N) is 3. The molecule has 1 aromatic carbocycles. The molecule has 1 saturated heterocycles. The van der Waals surface area contributed by atoms with Gasteiger partial charge < -0.3 is 25.4 Å². The fourth-order valence-electron chi connectivity index (χ4n) is 5.69. The molecule has 2 aromatic rings. The molecule has 1 aromatic heterocycles. The molecule has 0 amide bonds. The van der Waals surface area contributed by atoms with Crippen molar-refractivity contribution in [3.8, 4) is 11.1 Å². The summed E-state index contributed by atoms with van der Waals surface area (Å²) in [6, 6.07) is 7.43. The second-order valence-electron chi connectivity index (χ2n) is 10.5. The molecule has 1 saturated carbocycles. The number of nitrogens with zero attached hydrogens (tertiary/aromatic N) is 1. The van der Waals surface area contributed by atoms with Crippen molar-refractivity contribution >= 4 is 34.7 Å². The van der Waals surface area contributed by atoms with Gasteiger partial charge in [-0.05, 0) is 81.5 Å². The largest absolute Gasteiger partial charge is 0.384 e. The van der Waals surface area contributed by atoms with Crippen LogP contribution in [-0.2, 0) is 15.9 Å². The maximum atomic E-state index is 6.80. The van der Waals surface area contributed by atoms with Crippen molar-refractivity contribution in [2.24, 2.45) is 5.92 Å². The molecule has 4 rings (SSSR count). The molecule has 0 bridgehead atoms. The van der Waals surface area contributed by atoms with Gasteiger partial charge in [0.25, 0.3) is 0 Å². The first-order chi connectivity index (χ1) is 18.0. The Morgan fingerprint density at radius 3 is 2.59 bits per heavy atom. The highest BCUT2D eigenvalue weighted by Crippen LogP contribution is 2.40. The van der Waals surface area contributed by atoms with Crippen LogP contribution in [0.1, 0.15) is 57.9 Å². The van der Waals surface area contributed by atoms with Crippen LogP contribution in [0.25, 0.3) is 11.1 Å².